The van der Waals surface area contributed by atoms with E-state index < -0.39 is 17.4 Å². The molecule has 1 saturated heterocycles. The van der Waals surface area contributed by atoms with E-state index in [1.807, 2.05) is 4.90 Å². The summed E-state index contributed by atoms with van der Waals surface area (Å²) in [4.78, 5) is 27.6. The molecule has 2 rings (SSSR count). The summed E-state index contributed by atoms with van der Waals surface area (Å²) < 4.78 is 12.9. The van der Waals surface area contributed by atoms with Crippen LogP contribution in [0, 0.1) is 5.82 Å². The highest BCUT2D eigenvalue weighted by Gasteiger charge is 2.29. The number of hydrogen-bond acceptors (Lipinski definition) is 4. The predicted octanol–water partition coefficient (Wildman–Crippen LogP) is 0.361. The molecule has 1 aromatic rings. The third kappa shape index (κ3) is 4.41. The van der Waals surface area contributed by atoms with Crippen LogP contribution in [0.1, 0.15) is 13.8 Å². The van der Waals surface area contributed by atoms with Gasteiger partial charge in [0.2, 0.25) is 0 Å². The maximum Gasteiger partial charge on any atom is 0.312 e. The molecule has 1 fully saturated rings. The van der Waals surface area contributed by atoms with E-state index in [1.165, 1.54) is 17.0 Å². The van der Waals surface area contributed by atoms with Crippen molar-refractivity contribution in [3.63, 3.8) is 0 Å². The molecule has 0 bridgehead atoms. The average Bonchev–Trinajstić information content (AvgIpc) is 2.54. The van der Waals surface area contributed by atoms with Crippen molar-refractivity contribution in [3.8, 4) is 0 Å². The van der Waals surface area contributed by atoms with Gasteiger partial charge < -0.3 is 20.2 Å². The van der Waals surface area contributed by atoms with Crippen LogP contribution in [0.2, 0.25) is 0 Å². The van der Waals surface area contributed by atoms with E-state index in [4.69, 9.17) is 5.11 Å². The number of rotatable bonds is 3. The summed E-state index contributed by atoms with van der Waals surface area (Å²) in [5.41, 5.74) is 0.0623. The molecule has 0 aliphatic carbocycles. The average molecular weight is 323 g/mol. The Kier molecular flexibility index (Phi) is 5.20. The number of nitrogens with one attached hydrogen (secondary N) is 1. The first-order chi connectivity index (χ1) is 10.8. The molecule has 1 aromatic carbocycles. The third-order valence-electron chi connectivity index (χ3n) is 3.80. The van der Waals surface area contributed by atoms with Gasteiger partial charge >= 0.3 is 11.8 Å². The molecule has 0 unspecified atom stereocenters. The van der Waals surface area contributed by atoms with Gasteiger partial charge in [0, 0.05) is 31.9 Å². The molecule has 2 N–H and O–H groups in total. The fourth-order valence-corrected chi connectivity index (χ4v) is 2.36. The van der Waals surface area contributed by atoms with Crippen molar-refractivity contribution >= 4 is 17.5 Å². The Morgan fingerprint density at radius 1 is 1.17 bits per heavy atom. The number of aliphatic hydroxyl groups is 1. The monoisotopic (exact) mass is 323 g/mol. The Morgan fingerprint density at radius 2 is 1.74 bits per heavy atom. The molecule has 1 heterocycles. The van der Waals surface area contributed by atoms with E-state index in [0.29, 0.717) is 26.2 Å². The summed E-state index contributed by atoms with van der Waals surface area (Å²) in [6.45, 7) is 5.04. The summed E-state index contributed by atoms with van der Waals surface area (Å²) in [5, 5.41) is 11.7. The molecule has 1 aliphatic rings. The molecule has 126 valence electrons. The Bertz CT molecular complexity index is 566. The SMILES string of the molecule is CC(C)(CO)NC(=O)C(=O)N1CCN(c2ccc(F)cc2)CC1. The highest BCUT2D eigenvalue weighted by molar-refractivity contribution is 6.35. The fraction of sp³-hybridized carbons (Fsp3) is 0.500. The normalized spacial score (nSPS) is 15.5. The first kappa shape index (κ1) is 17.2. The lowest BCUT2D eigenvalue weighted by Crippen LogP contribution is -2.56. The maximum absolute atomic E-state index is 12.9. The highest BCUT2D eigenvalue weighted by atomic mass is 19.1. The van der Waals surface area contributed by atoms with Crippen LogP contribution in [-0.2, 0) is 9.59 Å². The second-order valence-corrected chi connectivity index (χ2v) is 6.25. The molecule has 2 amide bonds. The van der Waals surface area contributed by atoms with Crippen molar-refractivity contribution in [1.29, 1.82) is 0 Å². The van der Waals surface area contributed by atoms with Crippen LogP contribution in [0.5, 0.6) is 0 Å². The second kappa shape index (κ2) is 6.95. The lowest BCUT2D eigenvalue weighted by atomic mass is 10.1. The second-order valence-electron chi connectivity index (χ2n) is 6.25. The number of aliphatic hydroxyl groups excluding tert-OH is 1. The largest absolute Gasteiger partial charge is 0.394 e. The van der Waals surface area contributed by atoms with Crippen LogP contribution >= 0.6 is 0 Å². The van der Waals surface area contributed by atoms with Crippen LogP contribution in [-0.4, -0.2) is 60.1 Å². The Labute approximate surface area is 134 Å². The Balaban J connectivity index is 1.89. The smallest absolute Gasteiger partial charge is 0.312 e. The molecule has 0 spiro atoms. The van der Waals surface area contributed by atoms with Gasteiger partial charge in [-0.3, -0.25) is 9.59 Å². The van der Waals surface area contributed by atoms with Gasteiger partial charge in [-0.05, 0) is 38.1 Å². The van der Waals surface area contributed by atoms with Crippen molar-refractivity contribution < 1.29 is 19.1 Å². The maximum atomic E-state index is 12.9. The molecule has 1 aliphatic heterocycles. The molecule has 23 heavy (non-hydrogen) atoms. The van der Waals surface area contributed by atoms with Crippen LogP contribution < -0.4 is 10.2 Å². The number of carbonyl (C=O) groups excluding carboxylic acids is 2. The molecule has 0 atom stereocenters. The summed E-state index contributed by atoms with van der Waals surface area (Å²) in [5.74, 6) is -1.59. The van der Waals surface area contributed by atoms with Gasteiger partial charge in [-0.25, -0.2) is 4.39 Å². The number of piperazine rings is 1. The zero-order valence-corrected chi connectivity index (χ0v) is 13.4. The molecule has 6 nitrogen and oxygen atoms in total. The highest BCUT2D eigenvalue weighted by Crippen LogP contribution is 2.17. The molecule has 0 aromatic heterocycles. The predicted molar refractivity (Wildman–Crippen MR) is 84.5 cm³/mol. The lowest BCUT2D eigenvalue weighted by Gasteiger charge is -2.36. The van der Waals surface area contributed by atoms with Crippen molar-refractivity contribution in [2.24, 2.45) is 0 Å². The van der Waals surface area contributed by atoms with Gasteiger partial charge in [0.05, 0.1) is 12.1 Å². The molecular weight excluding hydrogens is 301 g/mol. The van der Waals surface area contributed by atoms with Gasteiger partial charge in [0.25, 0.3) is 0 Å². The minimum atomic E-state index is -0.831. The summed E-state index contributed by atoms with van der Waals surface area (Å²) in [7, 11) is 0. The van der Waals surface area contributed by atoms with Crippen molar-refractivity contribution in [1.82, 2.24) is 10.2 Å². The molecule has 7 heteroatoms. The number of anilines is 1. The van der Waals surface area contributed by atoms with E-state index in [9.17, 15) is 14.0 Å². The van der Waals surface area contributed by atoms with Gasteiger partial charge in [0.1, 0.15) is 5.82 Å². The number of hydrogen-bond donors (Lipinski definition) is 2. The summed E-state index contributed by atoms with van der Waals surface area (Å²) >= 11 is 0. The van der Waals surface area contributed by atoms with Gasteiger partial charge in [-0.2, -0.15) is 0 Å². The van der Waals surface area contributed by atoms with E-state index in [2.05, 4.69) is 5.32 Å². The van der Waals surface area contributed by atoms with Crippen LogP contribution in [0.15, 0.2) is 24.3 Å². The minimum Gasteiger partial charge on any atom is -0.394 e. The number of halogens is 1. The fourth-order valence-electron chi connectivity index (χ4n) is 2.36. The quantitative estimate of drug-likeness (QED) is 0.788. The van der Waals surface area contributed by atoms with E-state index in [1.54, 1.807) is 26.0 Å². The first-order valence-electron chi connectivity index (χ1n) is 7.55. The lowest BCUT2D eigenvalue weighted by molar-refractivity contribution is -0.147. The zero-order valence-electron chi connectivity index (χ0n) is 13.4. The zero-order chi connectivity index (χ0) is 17.0. The van der Waals surface area contributed by atoms with Crippen molar-refractivity contribution in [2.45, 2.75) is 19.4 Å². The van der Waals surface area contributed by atoms with Gasteiger partial charge in [0.15, 0.2) is 0 Å². The number of amides is 2. The van der Waals surface area contributed by atoms with E-state index in [0.717, 1.165) is 5.69 Å². The summed E-state index contributed by atoms with van der Waals surface area (Å²) in [6.07, 6.45) is 0. The van der Waals surface area contributed by atoms with Gasteiger partial charge in [-0.1, -0.05) is 0 Å². The van der Waals surface area contributed by atoms with Crippen LogP contribution in [0.4, 0.5) is 10.1 Å². The number of benzene rings is 1. The first-order valence-corrected chi connectivity index (χ1v) is 7.55. The number of nitrogens with zero attached hydrogens (tertiary/aromatic N) is 2. The standard InChI is InChI=1S/C16H22FN3O3/c1-16(2,11-21)18-14(22)15(23)20-9-7-19(8-10-20)13-5-3-12(17)4-6-13/h3-6,21H,7-11H2,1-2H3,(H,18,22). The number of carbonyl (C=O) groups is 2. The topological polar surface area (TPSA) is 72.9 Å². The Hall–Kier alpha value is -2.15. The van der Waals surface area contributed by atoms with Gasteiger partial charge in [-0.15, -0.1) is 0 Å². The Morgan fingerprint density at radius 3 is 2.26 bits per heavy atom. The minimum absolute atomic E-state index is 0.246. The molecule has 0 radical (unpaired) electrons. The van der Waals surface area contributed by atoms with Crippen LogP contribution in [0.25, 0.3) is 0 Å². The van der Waals surface area contributed by atoms with Crippen LogP contribution in [0.3, 0.4) is 0 Å². The molecule has 0 saturated carbocycles. The van der Waals surface area contributed by atoms with Crippen molar-refractivity contribution in [3.05, 3.63) is 30.1 Å². The summed E-state index contributed by atoms with van der Waals surface area (Å²) in [6, 6.07) is 6.20. The van der Waals surface area contributed by atoms with E-state index in [-0.39, 0.29) is 12.4 Å². The van der Waals surface area contributed by atoms with E-state index >= 15 is 0 Å². The molecular formula is C16H22FN3O3. The third-order valence-corrected chi connectivity index (χ3v) is 3.80. The van der Waals surface area contributed by atoms with Crippen molar-refractivity contribution in [2.75, 3.05) is 37.7 Å².